The Balaban J connectivity index is 2.03. The lowest BCUT2D eigenvalue weighted by atomic mass is 9.61. The molecule has 0 radical (unpaired) electrons. The van der Waals surface area contributed by atoms with Gasteiger partial charge in [0.2, 0.25) is 0 Å². The fourth-order valence-corrected chi connectivity index (χ4v) is 4.72. The minimum Gasteiger partial charge on any atom is -0.507 e. The molecule has 4 rings (SSSR count). The molecular formula is C18H22O4. The Bertz CT molecular complexity index is 691. The third-order valence-corrected chi connectivity index (χ3v) is 5.72. The van der Waals surface area contributed by atoms with Gasteiger partial charge >= 0.3 is 0 Å². The summed E-state index contributed by atoms with van der Waals surface area (Å²) >= 11 is 0. The van der Waals surface area contributed by atoms with E-state index in [0.29, 0.717) is 28.9 Å². The van der Waals surface area contributed by atoms with Gasteiger partial charge in [-0.2, -0.15) is 0 Å². The van der Waals surface area contributed by atoms with E-state index in [1.54, 1.807) is 6.07 Å². The summed E-state index contributed by atoms with van der Waals surface area (Å²) in [6.07, 6.45) is 3.00. The highest BCUT2D eigenvalue weighted by Crippen LogP contribution is 2.61. The molecule has 0 unspecified atom stereocenters. The molecule has 0 aromatic heterocycles. The van der Waals surface area contributed by atoms with Crippen molar-refractivity contribution in [3.8, 4) is 17.2 Å². The minimum atomic E-state index is -0.342. The van der Waals surface area contributed by atoms with E-state index < -0.39 is 0 Å². The van der Waals surface area contributed by atoms with Crippen molar-refractivity contribution >= 4 is 5.78 Å². The molecule has 4 nitrogen and oxygen atoms in total. The molecule has 3 aliphatic rings. The summed E-state index contributed by atoms with van der Waals surface area (Å²) in [4.78, 5) is 12.0. The number of carbonyl (C=O) groups excluding carboxylic acids is 1. The van der Waals surface area contributed by atoms with Gasteiger partial charge in [-0.1, -0.05) is 0 Å². The summed E-state index contributed by atoms with van der Waals surface area (Å²) in [5.74, 6) is 1.77. The monoisotopic (exact) mass is 302 g/mol. The summed E-state index contributed by atoms with van der Waals surface area (Å²) in [5.41, 5.74) is 0.766. The standard InChI is InChI=1S/C18H22O4/c1-9(19)14-12(20)7-13-15-10-8-18(4,21-13)6-5-11(10)17(2,3)22-16(14)15/h7,10-11,20H,5-6,8H2,1-4H3/t10-,11-,18+/m1/s1. The smallest absolute Gasteiger partial charge is 0.167 e. The fraction of sp³-hybridized carbons (Fsp3) is 0.611. The van der Waals surface area contributed by atoms with Gasteiger partial charge in [-0.15, -0.1) is 0 Å². The van der Waals surface area contributed by atoms with Crippen LogP contribution >= 0.6 is 0 Å². The molecule has 3 atom stereocenters. The van der Waals surface area contributed by atoms with Crippen LogP contribution in [-0.2, 0) is 0 Å². The summed E-state index contributed by atoms with van der Waals surface area (Å²) in [6.45, 7) is 7.79. The van der Waals surface area contributed by atoms with Gasteiger partial charge in [0.15, 0.2) is 5.78 Å². The summed E-state index contributed by atoms with van der Waals surface area (Å²) in [5, 5.41) is 10.3. The Morgan fingerprint density at radius 1 is 1.32 bits per heavy atom. The second kappa shape index (κ2) is 3.98. The van der Waals surface area contributed by atoms with Crippen molar-refractivity contribution in [2.45, 2.75) is 64.1 Å². The van der Waals surface area contributed by atoms with Crippen molar-refractivity contribution in [3.05, 3.63) is 17.2 Å². The Kier molecular flexibility index (Phi) is 2.52. The molecule has 1 aromatic carbocycles. The normalized spacial score (nSPS) is 33.6. The fourth-order valence-electron chi connectivity index (χ4n) is 4.72. The number of fused-ring (bicyclic) bond motifs is 1. The number of carbonyl (C=O) groups is 1. The highest BCUT2D eigenvalue weighted by atomic mass is 16.5. The van der Waals surface area contributed by atoms with E-state index in [9.17, 15) is 9.90 Å². The van der Waals surface area contributed by atoms with Gasteiger partial charge in [-0.05, 0) is 47.0 Å². The molecule has 1 aromatic rings. The molecule has 0 amide bonds. The van der Waals surface area contributed by atoms with Crippen LogP contribution in [0.4, 0.5) is 0 Å². The molecule has 118 valence electrons. The van der Waals surface area contributed by atoms with Gasteiger partial charge in [-0.25, -0.2) is 0 Å². The summed E-state index contributed by atoms with van der Waals surface area (Å²) in [7, 11) is 0. The van der Waals surface area contributed by atoms with Gasteiger partial charge in [0.25, 0.3) is 0 Å². The van der Waals surface area contributed by atoms with Gasteiger partial charge in [0.1, 0.15) is 34.0 Å². The van der Waals surface area contributed by atoms with Crippen molar-refractivity contribution in [1.29, 1.82) is 0 Å². The van der Waals surface area contributed by atoms with Crippen molar-refractivity contribution in [2.75, 3.05) is 0 Å². The summed E-state index contributed by atoms with van der Waals surface area (Å²) < 4.78 is 12.4. The number of aromatic hydroxyl groups is 1. The molecule has 1 fully saturated rings. The molecule has 2 heterocycles. The van der Waals surface area contributed by atoms with Crippen LogP contribution in [0.25, 0.3) is 0 Å². The lowest BCUT2D eigenvalue weighted by Crippen LogP contribution is -2.54. The van der Waals surface area contributed by atoms with Crippen molar-refractivity contribution < 1.29 is 19.4 Å². The first-order valence-electron chi connectivity index (χ1n) is 8.01. The van der Waals surface area contributed by atoms with Gasteiger partial charge < -0.3 is 14.6 Å². The molecule has 2 aliphatic heterocycles. The van der Waals surface area contributed by atoms with E-state index in [1.807, 2.05) is 0 Å². The number of benzene rings is 1. The van der Waals surface area contributed by atoms with Crippen LogP contribution in [0.15, 0.2) is 6.07 Å². The maximum absolute atomic E-state index is 12.0. The number of hydrogen-bond acceptors (Lipinski definition) is 4. The van der Waals surface area contributed by atoms with Crippen molar-refractivity contribution in [1.82, 2.24) is 0 Å². The average molecular weight is 302 g/mol. The van der Waals surface area contributed by atoms with Crippen LogP contribution in [0, 0.1) is 5.92 Å². The Morgan fingerprint density at radius 2 is 2.05 bits per heavy atom. The number of hydrogen-bond donors (Lipinski definition) is 1. The maximum atomic E-state index is 12.0. The van der Waals surface area contributed by atoms with Crippen LogP contribution in [0.1, 0.15) is 68.8 Å². The third kappa shape index (κ3) is 1.67. The number of rotatable bonds is 1. The number of ketones is 1. The molecule has 1 aliphatic carbocycles. The van der Waals surface area contributed by atoms with Crippen LogP contribution in [-0.4, -0.2) is 22.1 Å². The molecule has 0 saturated heterocycles. The highest BCUT2D eigenvalue weighted by Gasteiger charge is 2.55. The highest BCUT2D eigenvalue weighted by molar-refractivity contribution is 6.00. The lowest BCUT2D eigenvalue weighted by molar-refractivity contribution is -0.0731. The first-order chi connectivity index (χ1) is 10.2. The lowest BCUT2D eigenvalue weighted by Gasteiger charge is -2.55. The molecular weight excluding hydrogens is 280 g/mol. The van der Waals surface area contributed by atoms with E-state index in [4.69, 9.17) is 9.47 Å². The second-order valence-electron chi connectivity index (χ2n) is 7.78. The zero-order valence-electron chi connectivity index (χ0n) is 13.5. The zero-order valence-corrected chi connectivity index (χ0v) is 13.5. The predicted molar refractivity (Wildman–Crippen MR) is 81.9 cm³/mol. The van der Waals surface area contributed by atoms with Crippen LogP contribution in [0.3, 0.4) is 0 Å². The average Bonchev–Trinajstić information content (AvgIpc) is 2.34. The van der Waals surface area contributed by atoms with E-state index in [1.165, 1.54) is 6.92 Å². The van der Waals surface area contributed by atoms with Gasteiger partial charge in [0.05, 0.1) is 0 Å². The largest absolute Gasteiger partial charge is 0.507 e. The molecule has 22 heavy (non-hydrogen) atoms. The molecule has 1 saturated carbocycles. The van der Waals surface area contributed by atoms with Gasteiger partial charge in [-0.3, -0.25) is 4.79 Å². The minimum absolute atomic E-state index is 0.0425. The molecule has 0 spiro atoms. The number of ether oxygens (including phenoxy) is 2. The van der Waals surface area contributed by atoms with E-state index in [-0.39, 0.29) is 22.7 Å². The van der Waals surface area contributed by atoms with Gasteiger partial charge in [0, 0.05) is 23.5 Å². The van der Waals surface area contributed by atoms with Crippen molar-refractivity contribution in [2.24, 2.45) is 5.92 Å². The predicted octanol–water partition coefficient (Wildman–Crippen LogP) is 3.80. The van der Waals surface area contributed by atoms with Crippen molar-refractivity contribution in [3.63, 3.8) is 0 Å². The Morgan fingerprint density at radius 3 is 2.73 bits per heavy atom. The quantitative estimate of drug-likeness (QED) is 0.802. The SMILES string of the molecule is CC(=O)c1c(O)cc2c3c1OC(C)(C)[C@@H]1CC[C@@](C)(C[C@@H]31)O2. The Hall–Kier alpha value is -1.71. The van der Waals surface area contributed by atoms with E-state index >= 15 is 0 Å². The van der Waals surface area contributed by atoms with Crippen LogP contribution < -0.4 is 9.47 Å². The first-order valence-corrected chi connectivity index (χ1v) is 8.01. The molecule has 2 bridgehead atoms. The van der Waals surface area contributed by atoms with Crippen LogP contribution in [0.2, 0.25) is 0 Å². The third-order valence-electron chi connectivity index (χ3n) is 5.72. The molecule has 4 heteroatoms. The molecule has 1 N–H and O–H groups in total. The number of Topliss-reactive ketones (excluding diaryl/α,β-unsaturated/α-hetero) is 1. The Labute approximate surface area is 130 Å². The number of phenols is 1. The summed E-state index contributed by atoms with van der Waals surface area (Å²) in [6, 6.07) is 1.60. The second-order valence-corrected chi connectivity index (χ2v) is 7.78. The van der Waals surface area contributed by atoms with E-state index in [2.05, 4.69) is 20.8 Å². The maximum Gasteiger partial charge on any atom is 0.167 e. The van der Waals surface area contributed by atoms with E-state index in [0.717, 1.165) is 24.8 Å². The van der Waals surface area contributed by atoms with Crippen LogP contribution in [0.5, 0.6) is 17.2 Å². The number of phenolic OH excluding ortho intramolecular Hbond substituents is 1. The topological polar surface area (TPSA) is 55.8 Å². The first kappa shape index (κ1) is 13.9. The zero-order chi connectivity index (χ0) is 15.9.